The molecule has 10 heteroatoms. The van der Waals surface area contributed by atoms with Crippen molar-refractivity contribution < 1.29 is 19.1 Å². The summed E-state index contributed by atoms with van der Waals surface area (Å²) in [4.78, 5) is 46.7. The van der Waals surface area contributed by atoms with Crippen molar-refractivity contribution in [3.8, 4) is 0 Å². The van der Waals surface area contributed by atoms with E-state index in [9.17, 15) is 14.4 Å². The number of carbonyl (C=O) groups excluding carboxylic acids is 3. The summed E-state index contributed by atoms with van der Waals surface area (Å²) >= 11 is 6.65. The monoisotopic (exact) mass is 555 g/mol. The molecule has 0 bridgehead atoms. The zero-order valence-corrected chi connectivity index (χ0v) is 23.7. The van der Waals surface area contributed by atoms with Gasteiger partial charge in [0.25, 0.3) is 5.91 Å². The molecule has 39 heavy (non-hydrogen) atoms. The standard InChI is InChI=1S/C29H38ClN5O4/c1-21-19-35(28(37)24-11-10-23(18-25(24)30)33-14-6-7-15-33)26-9-5-4-8-22(26)20-34(21)29(38)31-13-12-27(36)32(2)16-17-39-3/h4-5,8-11,18,21H,6-7,12-17,19-20H2,1-3H3,(H,31,38)/t21-/m1/s1. The Morgan fingerprint density at radius 2 is 1.87 bits per heavy atom. The summed E-state index contributed by atoms with van der Waals surface area (Å²) in [6, 6.07) is 12.7. The van der Waals surface area contributed by atoms with Crippen LogP contribution in [0, 0.1) is 0 Å². The third kappa shape index (κ3) is 6.83. The average Bonchev–Trinajstić information content (AvgIpc) is 3.43. The number of nitrogens with zero attached hydrogens (tertiary/aromatic N) is 4. The van der Waals surface area contributed by atoms with E-state index in [-0.39, 0.29) is 36.9 Å². The van der Waals surface area contributed by atoms with Crippen molar-refractivity contribution >= 4 is 40.8 Å². The van der Waals surface area contributed by atoms with Crippen molar-refractivity contribution in [3.05, 3.63) is 58.6 Å². The van der Waals surface area contributed by atoms with Gasteiger partial charge in [-0.25, -0.2) is 4.79 Å². The molecular formula is C29H38ClN5O4. The number of likely N-dealkylation sites (N-methyl/N-ethyl adjacent to an activating group) is 1. The molecule has 1 atom stereocenters. The second kappa shape index (κ2) is 13.2. The third-order valence-electron chi connectivity index (χ3n) is 7.43. The van der Waals surface area contributed by atoms with E-state index in [1.807, 2.05) is 49.4 Å². The SMILES string of the molecule is COCCN(C)C(=O)CCNC(=O)N1Cc2ccccc2N(C(=O)c2ccc(N3CCCC3)cc2Cl)C[C@H]1C. The number of amides is 4. The third-order valence-corrected chi connectivity index (χ3v) is 7.75. The van der Waals surface area contributed by atoms with Crippen molar-refractivity contribution in [1.82, 2.24) is 15.1 Å². The normalized spacial score (nSPS) is 17.0. The lowest BCUT2D eigenvalue weighted by atomic mass is 10.1. The van der Waals surface area contributed by atoms with Crippen LogP contribution in [0.2, 0.25) is 5.02 Å². The summed E-state index contributed by atoms with van der Waals surface area (Å²) in [6.45, 7) is 5.76. The van der Waals surface area contributed by atoms with Crippen LogP contribution < -0.4 is 15.1 Å². The molecule has 4 rings (SSSR count). The Morgan fingerprint density at radius 1 is 1.13 bits per heavy atom. The maximum Gasteiger partial charge on any atom is 0.318 e. The van der Waals surface area contributed by atoms with Crippen LogP contribution in [0.4, 0.5) is 16.2 Å². The molecule has 0 aliphatic carbocycles. The number of para-hydroxylation sites is 1. The van der Waals surface area contributed by atoms with E-state index >= 15 is 0 Å². The molecule has 210 valence electrons. The van der Waals surface area contributed by atoms with E-state index in [0.717, 1.165) is 42.9 Å². The second-order valence-electron chi connectivity index (χ2n) is 10.2. The number of halogens is 1. The van der Waals surface area contributed by atoms with Gasteiger partial charge in [-0.1, -0.05) is 29.8 Å². The molecule has 1 fully saturated rings. The molecule has 2 aromatic rings. The maximum absolute atomic E-state index is 13.8. The molecule has 1 saturated heterocycles. The number of ether oxygens (including phenoxy) is 1. The number of rotatable bonds is 8. The first-order valence-corrected chi connectivity index (χ1v) is 13.9. The van der Waals surface area contributed by atoms with Crippen molar-refractivity contribution in [2.45, 2.75) is 38.8 Å². The van der Waals surface area contributed by atoms with E-state index in [2.05, 4.69) is 10.2 Å². The lowest BCUT2D eigenvalue weighted by molar-refractivity contribution is -0.130. The first-order chi connectivity index (χ1) is 18.8. The largest absolute Gasteiger partial charge is 0.383 e. The van der Waals surface area contributed by atoms with Crippen molar-refractivity contribution in [1.29, 1.82) is 0 Å². The average molecular weight is 556 g/mol. The first kappa shape index (κ1) is 28.7. The second-order valence-corrected chi connectivity index (χ2v) is 10.6. The zero-order chi connectivity index (χ0) is 27.9. The quantitative estimate of drug-likeness (QED) is 0.532. The summed E-state index contributed by atoms with van der Waals surface area (Å²) in [7, 11) is 3.31. The van der Waals surface area contributed by atoms with E-state index in [1.165, 1.54) is 0 Å². The van der Waals surface area contributed by atoms with Gasteiger partial charge in [0, 0.05) is 77.3 Å². The Bertz CT molecular complexity index is 1190. The van der Waals surface area contributed by atoms with Gasteiger partial charge in [-0.05, 0) is 49.6 Å². The van der Waals surface area contributed by atoms with Gasteiger partial charge in [-0.3, -0.25) is 9.59 Å². The van der Waals surface area contributed by atoms with Gasteiger partial charge < -0.3 is 29.7 Å². The Labute approximate surface area is 235 Å². The number of fused-ring (bicyclic) bond motifs is 1. The number of hydrogen-bond acceptors (Lipinski definition) is 5. The molecule has 0 radical (unpaired) electrons. The number of carbonyl (C=O) groups is 3. The van der Waals surface area contributed by atoms with Gasteiger partial charge in [0.15, 0.2) is 0 Å². The number of urea groups is 1. The van der Waals surface area contributed by atoms with E-state index < -0.39 is 0 Å². The van der Waals surface area contributed by atoms with Gasteiger partial charge in [0.05, 0.1) is 17.2 Å². The van der Waals surface area contributed by atoms with Crippen LogP contribution in [0.25, 0.3) is 0 Å². The van der Waals surface area contributed by atoms with Gasteiger partial charge in [-0.2, -0.15) is 0 Å². The van der Waals surface area contributed by atoms with Crippen LogP contribution in [-0.2, 0) is 16.1 Å². The lowest BCUT2D eigenvalue weighted by Gasteiger charge is -2.29. The fraction of sp³-hybridized carbons (Fsp3) is 0.483. The first-order valence-electron chi connectivity index (χ1n) is 13.5. The number of nitrogens with one attached hydrogen (secondary N) is 1. The number of benzene rings is 2. The minimum atomic E-state index is -0.274. The molecule has 0 spiro atoms. The number of anilines is 2. The minimum absolute atomic E-state index is 0.0639. The molecule has 2 heterocycles. The predicted octanol–water partition coefficient (Wildman–Crippen LogP) is 4.00. The summed E-state index contributed by atoms with van der Waals surface area (Å²) in [5.41, 5.74) is 3.10. The highest BCUT2D eigenvalue weighted by Gasteiger charge is 2.32. The summed E-state index contributed by atoms with van der Waals surface area (Å²) < 4.78 is 5.02. The molecule has 0 saturated carbocycles. The summed E-state index contributed by atoms with van der Waals surface area (Å²) in [5, 5.41) is 3.30. The molecule has 9 nitrogen and oxygen atoms in total. The highest BCUT2D eigenvalue weighted by molar-refractivity contribution is 6.35. The Morgan fingerprint density at radius 3 is 2.59 bits per heavy atom. The zero-order valence-electron chi connectivity index (χ0n) is 23.0. The summed E-state index contributed by atoms with van der Waals surface area (Å²) in [6.07, 6.45) is 2.51. The van der Waals surface area contributed by atoms with Crippen LogP contribution in [0.5, 0.6) is 0 Å². The number of methoxy groups -OCH3 is 1. The van der Waals surface area contributed by atoms with Crippen LogP contribution in [-0.4, -0.2) is 87.2 Å². The fourth-order valence-corrected chi connectivity index (χ4v) is 5.34. The minimum Gasteiger partial charge on any atom is -0.383 e. The summed E-state index contributed by atoms with van der Waals surface area (Å²) in [5.74, 6) is -0.259. The molecule has 1 N–H and O–H groups in total. The molecule has 2 aliphatic heterocycles. The highest BCUT2D eigenvalue weighted by Crippen LogP contribution is 2.32. The molecule has 2 aliphatic rings. The van der Waals surface area contributed by atoms with Crippen molar-refractivity contribution in [2.75, 3.05) is 63.3 Å². The molecule has 0 aromatic heterocycles. The van der Waals surface area contributed by atoms with E-state index in [1.54, 1.807) is 28.9 Å². The Balaban J connectivity index is 1.46. The lowest BCUT2D eigenvalue weighted by Crippen LogP contribution is -2.48. The highest BCUT2D eigenvalue weighted by atomic mass is 35.5. The molecule has 4 amide bonds. The number of hydrogen-bond donors (Lipinski definition) is 1. The van der Waals surface area contributed by atoms with E-state index in [4.69, 9.17) is 16.3 Å². The Kier molecular flexibility index (Phi) is 9.69. The van der Waals surface area contributed by atoms with Crippen LogP contribution >= 0.6 is 11.6 Å². The molecule has 2 aromatic carbocycles. The van der Waals surface area contributed by atoms with Gasteiger partial charge in [0.2, 0.25) is 5.91 Å². The smallest absolute Gasteiger partial charge is 0.318 e. The van der Waals surface area contributed by atoms with Crippen LogP contribution in [0.15, 0.2) is 42.5 Å². The van der Waals surface area contributed by atoms with Gasteiger partial charge in [-0.15, -0.1) is 0 Å². The van der Waals surface area contributed by atoms with E-state index in [0.29, 0.717) is 36.8 Å². The molecule has 0 unspecified atom stereocenters. The van der Waals surface area contributed by atoms with Crippen LogP contribution in [0.3, 0.4) is 0 Å². The molecular weight excluding hydrogens is 518 g/mol. The van der Waals surface area contributed by atoms with Crippen molar-refractivity contribution in [2.24, 2.45) is 0 Å². The Hall–Kier alpha value is -3.30. The van der Waals surface area contributed by atoms with Crippen molar-refractivity contribution in [3.63, 3.8) is 0 Å². The maximum atomic E-state index is 13.8. The van der Waals surface area contributed by atoms with Gasteiger partial charge >= 0.3 is 6.03 Å². The van der Waals surface area contributed by atoms with Crippen LogP contribution in [0.1, 0.15) is 42.1 Å². The topological polar surface area (TPSA) is 85.4 Å². The fourth-order valence-electron chi connectivity index (χ4n) is 5.09. The predicted molar refractivity (Wildman–Crippen MR) is 154 cm³/mol. The van der Waals surface area contributed by atoms with Gasteiger partial charge in [0.1, 0.15) is 0 Å².